The van der Waals surface area contributed by atoms with E-state index in [1.54, 1.807) is 6.07 Å². The average molecular weight is 377 g/mol. The van der Waals surface area contributed by atoms with Crippen LogP contribution in [0.4, 0.5) is 0 Å². The second-order valence-electron chi connectivity index (χ2n) is 3.62. The van der Waals surface area contributed by atoms with Gasteiger partial charge in [-0.15, -0.1) is 11.3 Å². The van der Waals surface area contributed by atoms with Crippen LogP contribution in [0.1, 0.15) is 10.4 Å². The Balaban J connectivity index is 2.28. The van der Waals surface area contributed by atoms with Crippen LogP contribution in [0.25, 0.3) is 0 Å². The SMILES string of the molecule is COC(=O)c1cccc(OS(=O)(=O)c2ccc(Br)s2)c1. The van der Waals surface area contributed by atoms with Crippen LogP contribution in [-0.4, -0.2) is 21.5 Å². The number of thiophene rings is 1. The van der Waals surface area contributed by atoms with E-state index in [1.807, 2.05) is 0 Å². The average Bonchev–Trinajstić information content (AvgIpc) is 2.85. The van der Waals surface area contributed by atoms with Crippen molar-refractivity contribution in [2.24, 2.45) is 0 Å². The van der Waals surface area contributed by atoms with Crippen LogP contribution in [0.3, 0.4) is 0 Å². The van der Waals surface area contributed by atoms with Gasteiger partial charge in [0.15, 0.2) is 4.21 Å². The summed E-state index contributed by atoms with van der Waals surface area (Å²) in [6, 6.07) is 8.84. The van der Waals surface area contributed by atoms with Crippen molar-refractivity contribution in [1.29, 1.82) is 0 Å². The maximum atomic E-state index is 12.0. The molecular formula is C12H9BrO5S2. The Morgan fingerprint density at radius 3 is 2.60 bits per heavy atom. The van der Waals surface area contributed by atoms with E-state index in [0.29, 0.717) is 3.79 Å². The topological polar surface area (TPSA) is 69.7 Å². The molecule has 0 bridgehead atoms. The van der Waals surface area contributed by atoms with Crippen molar-refractivity contribution in [2.45, 2.75) is 4.21 Å². The number of rotatable bonds is 4. The van der Waals surface area contributed by atoms with Gasteiger partial charge in [-0.1, -0.05) is 6.07 Å². The quantitative estimate of drug-likeness (QED) is 0.605. The lowest BCUT2D eigenvalue weighted by atomic mass is 10.2. The normalized spacial score (nSPS) is 11.1. The molecule has 0 unspecified atom stereocenters. The number of esters is 1. The largest absolute Gasteiger partial charge is 0.465 e. The molecule has 2 aromatic rings. The monoisotopic (exact) mass is 376 g/mol. The molecule has 0 atom stereocenters. The molecule has 0 aliphatic heterocycles. The fourth-order valence-electron chi connectivity index (χ4n) is 1.39. The molecule has 0 spiro atoms. The lowest BCUT2D eigenvalue weighted by Gasteiger charge is -2.06. The van der Waals surface area contributed by atoms with Crippen LogP contribution in [-0.2, 0) is 14.9 Å². The molecule has 1 aromatic heterocycles. The van der Waals surface area contributed by atoms with Gasteiger partial charge in [0.25, 0.3) is 0 Å². The number of carbonyl (C=O) groups excluding carboxylic acids is 1. The molecule has 0 amide bonds. The van der Waals surface area contributed by atoms with Crippen molar-refractivity contribution in [2.75, 3.05) is 7.11 Å². The number of carbonyl (C=O) groups is 1. The highest BCUT2D eigenvalue weighted by molar-refractivity contribution is 9.11. The van der Waals surface area contributed by atoms with Crippen LogP contribution < -0.4 is 4.18 Å². The Kier molecular flexibility index (Phi) is 4.46. The minimum absolute atomic E-state index is 0.0532. The van der Waals surface area contributed by atoms with Gasteiger partial charge in [0.2, 0.25) is 0 Å². The van der Waals surface area contributed by atoms with E-state index in [1.165, 1.54) is 37.4 Å². The van der Waals surface area contributed by atoms with Crippen molar-refractivity contribution in [3.63, 3.8) is 0 Å². The second-order valence-corrected chi connectivity index (χ2v) is 7.85. The van der Waals surface area contributed by atoms with Crippen LogP contribution in [0.15, 0.2) is 44.4 Å². The van der Waals surface area contributed by atoms with Gasteiger partial charge in [-0.05, 0) is 46.3 Å². The highest BCUT2D eigenvalue weighted by Gasteiger charge is 2.19. The lowest BCUT2D eigenvalue weighted by Crippen LogP contribution is -2.09. The van der Waals surface area contributed by atoms with Crippen LogP contribution >= 0.6 is 27.3 Å². The van der Waals surface area contributed by atoms with Crippen molar-refractivity contribution in [1.82, 2.24) is 0 Å². The summed E-state index contributed by atoms with van der Waals surface area (Å²) < 4.78 is 34.3. The Morgan fingerprint density at radius 2 is 2.00 bits per heavy atom. The van der Waals surface area contributed by atoms with Gasteiger partial charge >= 0.3 is 16.1 Å². The third-order valence-electron chi connectivity index (χ3n) is 2.26. The summed E-state index contributed by atoms with van der Waals surface area (Å²) in [4.78, 5) is 11.4. The van der Waals surface area contributed by atoms with Gasteiger partial charge in [0.05, 0.1) is 16.5 Å². The fourth-order valence-corrected chi connectivity index (χ4v) is 4.29. The number of methoxy groups -OCH3 is 1. The second kappa shape index (κ2) is 5.94. The van der Waals surface area contributed by atoms with E-state index >= 15 is 0 Å². The van der Waals surface area contributed by atoms with Crippen molar-refractivity contribution in [3.05, 3.63) is 45.7 Å². The zero-order chi connectivity index (χ0) is 14.8. The highest BCUT2D eigenvalue weighted by Crippen LogP contribution is 2.28. The van der Waals surface area contributed by atoms with Gasteiger partial charge in [-0.3, -0.25) is 0 Å². The maximum Gasteiger partial charge on any atom is 0.348 e. The summed E-state index contributed by atoms with van der Waals surface area (Å²) in [5.41, 5.74) is 0.215. The third-order valence-corrected chi connectivity index (χ3v) is 5.58. The standard InChI is InChI=1S/C12H9BrO5S2/c1-17-12(14)8-3-2-4-9(7-8)18-20(15,16)11-6-5-10(13)19-11/h2-7H,1H3. The third kappa shape index (κ3) is 3.38. The molecule has 1 heterocycles. The Hall–Kier alpha value is -1.38. The number of benzene rings is 1. The smallest absolute Gasteiger partial charge is 0.348 e. The van der Waals surface area contributed by atoms with E-state index in [9.17, 15) is 13.2 Å². The van der Waals surface area contributed by atoms with E-state index in [0.717, 1.165) is 11.3 Å². The van der Waals surface area contributed by atoms with Crippen molar-refractivity contribution < 1.29 is 22.1 Å². The summed E-state index contributed by atoms with van der Waals surface area (Å²) in [5.74, 6) is -0.510. The van der Waals surface area contributed by atoms with Gasteiger partial charge in [0.1, 0.15) is 5.75 Å². The summed E-state index contributed by atoms with van der Waals surface area (Å²) in [7, 11) is -2.66. The zero-order valence-electron chi connectivity index (χ0n) is 10.2. The molecule has 0 aliphatic rings. The molecule has 0 saturated carbocycles. The Bertz CT molecular complexity index is 736. The molecule has 5 nitrogen and oxygen atoms in total. The highest BCUT2D eigenvalue weighted by atomic mass is 79.9. The number of hydrogen-bond acceptors (Lipinski definition) is 6. The number of halogens is 1. The molecule has 0 radical (unpaired) electrons. The Morgan fingerprint density at radius 1 is 1.25 bits per heavy atom. The van der Waals surface area contributed by atoms with Gasteiger partial charge in [0, 0.05) is 0 Å². The molecule has 0 N–H and O–H groups in total. The van der Waals surface area contributed by atoms with E-state index < -0.39 is 16.1 Å². The van der Waals surface area contributed by atoms with E-state index in [2.05, 4.69) is 20.7 Å². The number of hydrogen-bond donors (Lipinski definition) is 0. The summed E-state index contributed by atoms with van der Waals surface area (Å²) in [6.07, 6.45) is 0. The fraction of sp³-hybridized carbons (Fsp3) is 0.0833. The molecule has 2 rings (SSSR count). The molecule has 8 heteroatoms. The predicted molar refractivity (Wildman–Crippen MR) is 77.6 cm³/mol. The molecule has 20 heavy (non-hydrogen) atoms. The van der Waals surface area contributed by atoms with Gasteiger partial charge in [-0.2, -0.15) is 8.42 Å². The van der Waals surface area contributed by atoms with E-state index in [-0.39, 0.29) is 15.5 Å². The molecule has 0 fully saturated rings. The molecular weight excluding hydrogens is 368 g/mol. The summed E-state index contributed by atoms with van der Waals surface area (Å²) >= 11 is 4.23. The molecule has 1 aromatic carbocycles. The molecule has 0 saturated heterocycles. The predicted octanol–water partition coefficient (Wildman–Crippen LogP) is 3.06. The van der Waals surface area contributed by atoms with Crippen LogP contribution in [0.5, 0.6) is 5.75 Å². The summed E-state index contributed by atoms with van der Waals surface area (Å²) in [5, 5.41) is 0. The van der Waals surface area contributed by atoms with Crippen molar-refractivity contribution >= 4 is 43.4 Å². The first-order valence-electron chi connectivity index (χ1n) is 5.30. The first-order valence-corrected chi connectivity index (χ1v) is 8.32. The lowest BCUT2D eigenvalue weighted by molar-refractivity contribution is 0.0600. The minimum Gasteiger partial charge on any atom is -0.465 e. The Labute approximate surface area is 128 Å². The van der Waals surface area contributed by atoms with Crippen molar-refractivity contribution in [3.8, 4) is 5.75 Å². The van der Waals surface area contributed by atoms with Gasteiger partial charge in [-0.25, -0.2) is 4.79 Å². The van der Waals surface area contributed by atoms with Gasteiger partial charge < -0.3 is 8.92 Å². The van der Waals surface area contributed by atoms with Crippen LogP contribution in [0, 0.1) is 0 Å². The zero-order valence-corrected chi connectivity index (χ0v) is 13.4. The first-order chi connectivity index (χ1) is 9.42. The summed E-state index contributed by atoms with van der Waals surface area (Å²) in [6.45, 7) is 0. The minimum atomic E-state index is -3.91. The van der Waals surface area contributed by atoms with Crippen LogP contribution in [0.2, 0.25) is 0 Å². The molecule has 106 valence electrons. The molecule has 0 aliphatic carbocycles. The first kappa shape index (κ1) is 15.0. The van der Waals surface area contributed by atoms with E-state index in [4.69, 9.17) is 4.18 Å². The number of ether oxygens (including phenoxy) is 1. The maximum absolute atomic E-state index is 12.0.